The Bertz CT molecular complexity index is 767. The van der Waals surface area contributed by atoms with Crippen LogP contribution in [-0.4, -0.2) is 15.9 Å². The maximum Gasteiger partial charge on any atom is 0.226 e. The monoisotopic (exact) mass is 327 g/mol. The largest absolute Gasteiger partial charge is 0.463 e. The molecule has 0 saturated heterocycles. The molecule has 0 radical (unpaired) electrons. The molecule has 0 bridgehead atoms. The number of nitrogens with zero attached hydrogens (tertiary/aromatic N) is 2. The molecule has 0 aromatic carbocycles. The summed E-state index contributed by atoms with van der Waals surface area (Å²) in [7, 11) is 0. The number of furan rings is 1. The number of carbonyl (C=O) groups is 1. The first kappa shape index (κ1) is 15.4. The van der Waals surface area contributed by atoms with Gasteiger partial charge in [0.2, 0.25) is 5.91 Å². The molecular weight excluding hydrogens is 310 g/mol. The molecule has 0 aliphatic heterocycles. The molecule has 0 aliphatic carbocycles. The third-order valence-electron chi connectivity index (χ3n) is 3.33. The lowest BCUT2D eigenvalue weighted by Crippen LogP contribution is -2.10. The predicted octanol–water partition coefficient (Wildman–Crippen LogP) is 4.59. The van der Waals surface area contributed by atoms with Gasteiger partial charge < -0.3 is 9.73 Å². The van der Waals surface area contributed by atoms with E-state index in [-0.39, 0.29) is 5.91 Å². The fraction of sp³-hybridized carbons (Fsp3) is 0.235. The topological polar surface area (TPSA) is 68.0 Å². The standard InChI is InChI=1S/C17H17N3O2S/c1-2-3-6-14(21)19-17-20-15(13-5-4-11-22-13)16(23-17)12-7-9-18-10-8-12/h4-5,7-11H,2-3,6H2,1H3,(H,19,20,21). The van der Waals surface area contributed by atoms with Crippen molar-refractivity contribution in [3.63, 3.8) is 0 Å². The highest BCUT2D eigenvalue weighted by Crippen LogP contribution is 2.38. The van der Waals surface area contributed by atoms with Crippen molar-refractivity contribution in [1.29, 1.82) is 0 Å². The van der Waals surface area contributed by atoms with Gasteiger partial charge in [0.25, 0.3) is 0 Å². The third-order valence-corrected chi connectivity index (χ3v) is 4.35. The Kier molecular flexibility index (Phi) is 4.83. The minimum Gasteiger partial charge on any atom is -0.463 e. The molecule has 3 heterocycles. The molecule has 118 valence electrons. The molecule has 23 heavy (non-hydrogen) atoms. The second-order valence-electron chi connectivity index (χ2n) is 5.06. The van der Waals surface area contributed by atoms with Gasteiger partial charge in [-0.2, -0.15) is 0 Å². The Morgan fingerprint density at radius 3 is 2.83 bits per heavy atom. The van der Waals surface area contributed by atoms with Crippen LogP contribution in [0.15, 0.2) is 47.3 Å². The molecule has 0 fully saturated rings. The summed E-state index contributed by atoms with van der Waals surface area (Å²) in [5.41, 5.74) is 1.73. The Hall–Kier alpha value is -2.47. The predicted molar refractivity (Wildman–Crippen MR) is 91.2 cm³/mol. The van der Waals surface area contributed by atoms with E-state index in [0.717, 1.165) is 29.0 Å². The first-order valence-electron chi connectivity index (χ1n) is 7.53. The Morgan fingerprint density at radius 2 is 2.13 bits per heavy atom. The summed E-state index contributed by atoms with van der Waals surface area (Å²) in [6.07, 6.45) is 7.47. The first-order chi connectivity index (χ1) is 11.3. The van der Waals surface area contributed by atoms with Crippen LogP contribution in [-0.2, 0) is 4.79 Å². The highest BCUT2D eigenvalue weighted by molar-refractivity contribution is 7.19. The van der Waals surface area contributed by atoms with E-state index in [9.17, 15) is 4.79 Å². The summed E-state index contributed by atoms with van der Waals surface area (Å²) in [5, 5.41) is 3.47. The molecule has 0 saturated carbocycles. The zero-order valence-corrected chi connectivity index (χ0v) is 13.6. The van der Waals surface area contributed by atoms with Gasteiger partial charge in [-0.1, -0.05) is 24.7 Å². The molecule has 0 spiro atoms. The fourth-order valence-corrected chi connectivity index (χ4v) is 3.16. The average molecular weight is 327 g/mol. The van der Waals surface area contributed by atoms with Crippen LogP contribution in [0, 0.1) is 0 Å². The van der Waals surface area contributed by atoms with Gasteiger partial charge in [-0.15, -0.1) is 0 Å². The summed E-state index contributed by atoms with van der Waals surface area (Å²) in [6, 6.07) is 7.53. The van der Waals surface area contributed by atoms with Gasteiger partial charge in [-0.3, -0.25) is 9.78 Å². The van der Waals surface area contributed by atoms with Crippen LogP contribution < -0.4 is 5.32 Å². The van der Waals surface area contributed by atoms with Crippen molar-refractivity contribution in [1.82, 2.24) is 9.97 Å². The maximum atomic E-state index is 11.9. The zero-order valence-electron chi connectivity index (χ0n) is 12.8. The summed E-state index contributed by atoms with van der Waals surface area (Å²) in [5.74, 6) is 0.676. The molecule has 0 aliphatic rings. The number of aromatic nitrogens is 2. The van der Waals surface area contributed by atoms with Gasteiger partial charge in [-0.25, -0.2) is 4.98 Å². The molecule has 6 heteroatoms. The molecule has 3 rings (SSSR count). The fourth-order valence-electron chi connectivity index (χ4n) is 2.17. The van der Waals surface area contributed by atoms with Crippen molar-refractivity contribution in [2.45, 2.75) is 26.2 Å². The number of hydrogen-bond acceptors (Lipinski definition) is 5. The highest BCUT2D eigenvalue weighted by atomic mass is 32.1. The van der Waals surface area contributed by atoms with Crippen LogP contribution in [0.5, 0.6) is 0 Å². The SMILES string of the molecule is CCCCC(=O)Nc1nc(-c2ccco2)c(-c2ccncc2)s1. The van der Waals surface area contributed by atoms with E-state index in [4.69, 9.17) is 4.42 Å². The second kappa shape index (κ2) is 7.19. The van der Waals surface area contributed by atoms with Crippen molar-refractivity contribution in [3.05, 3.63) is 42.9 Å². The Morgan fingerprint density at radius 1 is 1.30 bits per heavy atom. The van der Waals surface area contributed by atoms with E-state index in [2.05, 4.69) is 22.2 Å². The minimum atomic E-state index is -0.00660. The Balaban J connectivity index is 1.93. The van der Waals surface area contributed by atoms with Crippen LogP contribution in [0.25, 0.3) is 21.9 Å². The lowest BCUT2D eigenvalue weighted by molar-refractivity contribution is -0.116. The van der Waals surface area contributed by atoms with Gasteiger partial charge in [0, 0.05) is 18.8 Å². The van der Waals surface area contributed by atoms with Crippen molar-refractivity contribution in [2.75, 3.05) is 5.32 Å². The number of hydrogen-bond donors (Lipinski definition) is 1. The van der Waals surface area contributed by atoms with Crippen molar-refractivity contribution in [2.24, 2.45) is 0 Å². The van der Waals surface area contributed by atoms with Crippen LogP contribution in [0.3, 0.4) is 0 Å². The first-order valence-corrected chi connectivity index (χ1v) is 8.34. The number of nitrogens with one attached hydrogen (secondary N) is 1. The van der Waals surface area contributed by atoms with Gasteiger partial charge in [0.15, 0.2) is 10.9 Å². The number of rotatable bonds is 6. The van der Waals surface area contributed by atoms with E-state index in [1.807, 2.05) is 24.3 Å². The van der Waals surface area contributed by atoms with Crippen LogP contribution >= 0.6 is 11.3 Å². The summed E-state index contributed by atoms with van der Waals surface area (Å²) in [4.78, 5) is 21.5. The number of amides is 1. The van der Waals surface area contributed by atoms with Crippen LogP contribution in [0.4, 0.5) is 5.13 Å². The van der Waals surface area contributed by atoms with Crippen molar-refractivity contribution < 1.29 is 9.21 Å². The smallest absolute Gasteiger partial charge is 0.226 e. The van der Waals surface area contributed by atoms with E-state index >= 15 is 0 Å². The molecule has 0 atom stereocenters. The van der Waals surface area contributed by atoms with E-state index in [0.29, 0.717) is 17.3 Å². The average Bonchev–Trinajstić information content (AvgIpc) is 3.23. The summed E-state index contributed by atoms with van der Waals surface area (Å²) in [6.45, 7) is 2.06. The molecule has 5 nitrogen and oxygen atoms in total. The van der Waals surface area contributed by atoms with Gasteiger partial charge >= 0.3 is 0 Å². The summed E-state index contributed by atoms with van der Waals surface area (Å²) < 4.78 is 5.48. The summed E-state index contributed by atoms with van der Waals surface area (Å²) >= 11 is 1.44. The molecular formula is C17H17N3O2S. The molecule has 1 N–H and O–H groups in total. The second-order valence-corrected chi connectivity index (χ2v) is 6.06. The number of carbonyl (C=O) groups excluding carboxylic acids is 1. The van der Waals surface area contributed by atoms with Crippen molar-refractivity contribution >= 4 is 22.4 Å². The van der Waals surface area contributed by atoms with Crippen LogP contribution in [0.1, 0.15) is 26.2 Å². The normalized spacial score (nSPS) is 10.7. The maximum absolute atomic E-state index is 11.9. The Labute approximate surface area is 138 Å². The molecule has 1 amide bonds. The van der Waals surface area contributed by atoms with Crippen LogP contribution in [0.2, 0.25) is 0 Å². The van der Waals surface area contributed by atoms with E-state index in [1.54, 1.807) is 18.7 Å². The van der Waals surface area contributed by atoms with Gasteiger partial charge in [-0.05, 0) is 36.2 Å². The van der Waals surface area contributed by atoms with Gasteiger partial charge in [0.1, 0.15) is 5.69 Å². The molecule has 3 aromatic rings. The van der Waals surface area contributed by atoms with Crippen molar-refractivity contribution in [3.8, 4) is 21.9 Å². The third kappa shape index (κ3) is 3.65. The zero-order chi connectivity index (χ0) is 16.1. The number of thiazole rings is 1. The number of anilines is 1. The quantitative estimate of drug-likeness (QED) is 0.719. The van der Waals surface area contributed by atoms with E-state index < -0.39 is 0 Å². The lowest BCUT2D eigenvalue weighted by Gasteiger charge is -1.99. The molecule has 0 unspecified atom stereocenters. The van der Waals surface area contributed by atoms with E-state index in [1.165, 1.54) is 11.3 Å². The molecule has 3 aromatic heterocycles. The highest BCUT2D eigenvalue weighted by Gasteiger charge is 2.18. The minimum absolute atomic E-state index is 0.00660. The van der Waals surface area contributed by atoms with Gasteiger partial charge in [0.05, 0.1) is 11.1 Å². The lowest BCUT2D eigenvalue weighted by atomic mass is 10.2. The number of pyridine rings is 1. The number of unbranched alkanes of at least 4 members (excludes halogenated alkanes) is 1.